The van der Waals surface area contributed by atoms with Crippen molar-refractivity contribution in [3.8, 4) is 0 Å². The first kappa shape index (κ1) is 34.2. The molecule has 0 amide bonds. The molecule has 9 aromatic rings. The molecule has 0 unspecified atom stereocenters. The van der Waals surface area contributed by atoms with Gasteiger partial charge in [-0.25, -0.2) is 4.98 Å². The molecule has 0 saturated carbocycles. The van der Waals surface area contributed by atoms with Crippen molar-refractivity contribution in [1.82, 2.24) is 4.98 Å². The van der Waals surface area contributed by atoms with Gasteiger partial charge in [-0.05, 0) is 77.9 Å². The van der Waals surface area contributed by atoms with Gasteiger partial charge in [0.1, 0.15) is 11.6 Å². The fourth-order valence-corrected chi connectivity index (χ4v) is 20.2. The fourth-order valence-electron chi connectivity index (χ4n) is 9.98. The second-order valence-electron chi connectivity index (χ2n) is 15.1. The van der Waals surface area contributed by atoms with Crippen LogP contribution in [0.25, 0.3) is 0 Å². The topological polar surface area (TPSA) is 19.4 Å². The summed E-state index contributed by atoms with van der Waals surface area (Å²) in [7, 11) is -5.49. The van der Waals surface area contributed by atoms with E-state index in [4.69, 9.17) is 4.98 Å². The first-order valence-corrected chi connectivity index (χ1v) is 24.0. The van der Waals surface area contributed by atoms with Gasteiger partial charge in [-0.15, -0.1) is 0 Å². The first-order valence-electron chi connectivity index (χ1n) is 20.0. The summed E-state index contributed by atoms with van der Waals surface area (Å²) in [5, 5.41) is 10.9. The van der Waals surface area contributed by atoms with Gasteiger partial charge in [-0.3, -0.25) is 9.80 Å². The van der Waals surface area contributed by atoms with Gasteiger partial charge in [0.2, 0.25) is 0 Å². The Labute approximate surface area is 341 Å². The van der Waals surface area contributed by atoms with E-state index in [1.165, 1.54) is 64.2 Å². The highest BCUT2D eigenvalue weighted by atomic mass is 28.3. The van der Waals surface area contributed by atoms with Gasteiger partial charge in [0.05, 0.1) is 0 Å². The molecular weight excluding hydrogens is 735 g/mol. The molecule has 0 atom stereocenters. The summed E-state index contributed by atoms with van der Waals surface area (Å²) in [5.41, 5.74) is 4.68. The van der Waals surface area contributed by atoms with Crippen molar-refractivity contribution in [2.45, 2.75) is 0 Å². The van der Waals surface area contributed by atoms with E-state index < -0.39 is 16.1 Å². The van der Waals surface area contributed by atoms with Gasteiger partial charge in [0.15, 0.2) is 16.1 Å². The zero-order valence-corrected chi connectivity index (χ0v) is 33.9. The molecule has 0 N–H and O–H groups in total. The fraction of sp³-hybridized carbons (Fsp3) is 0. The summed E-state index contributed by atoms with van der Waals surface area (Å²) in [6.07, 6.45) is 0. The third kappa shape index (κ3) is 4.94. The average molecular weight is 774 g/mol. The largest absolute Gasteiger partial charge is 0.295 e. The molecule has 2 aliphatic heterocycles. The van der Waals surface area contributed by atoms with Gasteiger partial charge in [0.25, 0.3) is 0 Å². The maximum absolute atomic E-state index is 5.68. The minimum atomic E-state index is -2.75. The molecule has 274 valence electrons. The normalized spacial score (nSPS) is 14.4. The highest BCUT2D eigenvalue weighted by Gasteiger charge is 2.50. The van der Waals surface area contributed by atoms with E-state index in [1.54, 1.807) is 0 Å². The van der Waals surface area contributed by atoms with Crippen LogP contribution in [0.15, 0.2) is 237 Å². The Hall–Kier alpha value is -7.06. The lowest BCUT2D eigenvalue weighted by molar-refractivity contribution is 1.14. The van der Waals surface area contributed by atoms with Gasteiger partial charge in [0, 0.05) is 22.7 Å². The Balaban J connectivity index is 1.14. The summed E-state index contributed by atoms with van der Waals surface area (Å²) >= 11 is 0. The van der Waals surface area contributed by atoms with Gasteiger partial charge in [-0.2, -0.15) is 0 Å². The molecule has 3 nitrogen and oxygen atoms in total. The van der Waals surface area contributed by atoms with E-state index in [-0.39, 0.29) is 0 Å². The standard InChI is InChI=1S/C53H39N3Si2/c1-5-22-40(23-6-1)57(41-24-7-2-8-25-41)48-34-17-13-30-44(48)55(45-31-14-18-35-49(45)57)52-38-21-39-53(54-52)56-46-32-15-19-36-50(46)58(42-26-9-3-10-27-42,43-28-11-4-12-29-43)51-37-20-16-33-47(51)56/h1-39H. The second-order valence-corrected chi connectivity index (χ2v) is 22.5. The summed E-state index contributed by atoms with van der Waals surface area (Å²) in [6, 6.07) is 87.4. The Morgan fingerprint density at radius 2 is 0.483 bits per heavy atom. The highest BCUT2D eigenvalue weighted by molar-refractivity contribution is 7.22. The predicted octanol–water partition coefficient (Wildman–Crippen LogP) is 7.40. The number of anilines is 6. The maximum Gasteiger partial charge on any atom is 0.184 e. The molecular formula is C53H39N3Si2. The third-order valence-corrected chi connectivity index (χ3v) is 21.9. The van der Waals surface area contributed by atoms with Crippen LogP contribution in [0, 0.1) is 0 Å². The molecule has 11 rings (SSSR count). The summed E-state index contributed by atoms with van der Waals surface area (Å²) in [6.45, 7) is 0. The number of para-hydroxylation sites is 4. The predicted molar refractivity (Wildman–Crippen MR) is 248 cm³/mol. The molecule has 0 saturated heterocycles. The quantitative estimate of drug-likeness (QED) is 0.164. The Kier molecular flexibility index (Phi) is 8.17. The lowest BCUT2D eigenvalue weighted by Gasteiger charge is -2.45. The van der Waals surface area contributed by atoms with Crippen LogP contribution in [0.5, 0.6) is 0 Å². The van der Waals surface area contributed by atoms with Gasteiger partial charge < -0.3 is 0 Å². The zero-order chi connectivity index (χ0) is 38.5. The van der Waals surface area contributed by atoms with Gasteiger partial charge >= 0.3 is 0 Å². The minimum Gasteiger partial charge on any atom is -0.295 e. The van der Waals surface area contributed by atoms with Gasteiger partial charge in [-0.1, -0.05) is 200 Å². The molecule has 1 aromatic heterocycles. The van der Waals surface area contributed by atoms with Crippen LogP contribution in [0.3, 0.4) is 0 Å². The molecule has 0 bridgehead atoms. The number of fused-ring (bicyclic) bond motifs is 4. The SMILES string of the molecule is c1ccc([Si]2(c3ccccc3)c3ccccc3N(c3cccc(N4c5ccccc5[Si](c5ccccc5)(c5ccccc5)c5ccccc54)n3)c3ccccc32)cc1. The number of pyridine rings is 1. The van der Waals surface area contributed by atoms with E-state index in [0.717, 1.165) is 11.6 Å². The maximum atomic E-state index is 5.68. The molecule has 0 aliphatic carbocycles. The number of nitrogens with zero attached hydrogens (tertiary/aromatic N) is 3. The number of aromatic nitrogens is 1. The van der Waals surface area contributed by atoms with Crippen LogP contribution in [0.1, 0.15) is 0 Å². The molecule has 8 aromatic carbocycles. The zero-order valence-electron chi connectivity index (χ0n) is 31.9. The summed E-state index contributed by atoms with van der Waals surface area (Å²) in [5.74, 6) is 1.77. The van der Waals surface area contributed by atoms with Crippen molar-refractivity contribution in [3.05, 3.63) is 237 Å². The van der Waals surface area contributed by atoms with Crippen LogP contribution in [0.4, 0.5) is 34.4 Å². The van der Waals surface area contributed by atoms with Crippen molar-refractivity contribution in [2.75, 3.05) is 9.80 Å². The smallest absolute Gasteiger partial charge is 0.184 e. The third-order valence-electron chi connectivity index (χ3n) is 12.2. The van der Waals surface area contributed by atoms with E-state index in [0.29, 0.717) is 0 Å². The number of rotatable bonds is 6. The molecule has 0 radical (unpaired) electrons. The molecule has 3 heterocycles. The summed E-state index contributed by atoms with van der Waals surface area (Å²) < 4.78 is 0. The Morgan fingerprint density at radius 3 is 0.759 bits per heavy atom. The van der Waals surface area contributed by atoms with Crippen LogP contribution in [-0.4, -0.2) is 21.1 Å². The van der Waals surface area contributed by atoms with Crippen molar-refractivity contribution in [1.29, 1.82) is 0 Å². The van der Waals surface area contributed by atoms with Crippen LogP contribution in [-0.2, 0) is 0 Å². The molecule has 2 aliphatic rings. The van der Waals surface area contributed by atoms with Crippen molar-refractivity contribution in [3.63, 3.8) is 0 Å². The molecule has 0 fully saturated rings. The van der Waals surface area contributed by atoms with Crippen molar-refractivity contribution >= 4 is 92.0 Å². The molecule has 0 spiro atoms. The Morgan fingerprint density at radius 1 is 0.241 bits per heavy atom. The first-order chi connectivity index (χ1) is 28.8. The average Bonchev–Trinajstić information content (AvgIpc) is 3.31. The van der Waals surface area contributed by atoms with Crippen LogP contribution < -0.4 is 51.3 Å². The lowest BCUT2D eigenvalue weighted by atomic mass is 10.2. The van der Waals surface area contributed by atoms with Crippen molar-refractivity contribution < 1.29 is 0 Å². The van der Waals surface area contributed by atoms with Crippen LogP contribution >= 0.6 is 0 Å². The number of hydrogen-bond acceptors (Lipinski definition) is 3. The van der Waals surface area contributed by atoms with E-state index in [9.17, 15) is 0 Å². The monoisotopic (exact) mass is 773 g/mol. The van der Waals surface area contributed by atoms with Crippen molar-refractivity contribution in [2.24, 2.45) is 0 Å². The van der Waals surface area contributed by atoms with Crippen LogP contribution in [0.2, 0.25) is 0 Å². The number of benzene rings is 8. The Bertz CT molecular complexity index is 2540. The number of hydrogen-bond donors (Lipinski definition) is 0. The molecule has 5 heteroatoms. The van der Waals surface area contributed by atoms with E-state index in [1.807, 2.05) is 0 Å². The van der Waals surface area contributed by atoms with E-state index >= 15 is 0 Å². The second kappa shape index (κ2) is 13.8. The van der Waals surface area contributed by atoms with E-state index in [2.05, 4.69) is 246 Å². The minimum absolute atomic E-state index is 0.885. The lowest BCUT2D eigenvalue weighted by Crippen LogP contribution is -2.77. The highest BCUT2D eigenvalue weighted by Crippen LogP contribution is 2.41. The molecule has 58 heavy (non-hydrogen) atoms. The summed E-state index contributed by atoms with van der Waals surface area (Å²) in [4.78, 5) is 10.5.